The first-order chi connectivity index (χ1) is 9.34. The fourth-order valence-corrected chi connectivity index (χ4v) is 2.36. The van der Waals surface area contributed by atoms with Gasteiger partial charge in [0.25, 0.3) is 0 Å². The molecule has 0 aromatic heterocycles. The Bertz CT molecular complexity index is 406. The van der Waals surface area contributed by atoms with Crippen molar-refractivity contribution in [1.29, 1.82) is 0 Å². The number of ether oxygens (including phenoxy) is 1. The molecule has 1 aromatic carbocycles. The van der Waals surface area contributed by atoms with E-state index in [1.165, 1.54) is 24.0 Å². The molecule has 0 radical (unpaired) electrons. The summed E-state index contributed by atoms with van der Waals surface area (Å²) in [5, 5.41) is 3.50. The van der Waals surface area contributed by atoms with E-state index in [1.54, 1.807) is 0 Å². The first-order valence-corrected chi connectivity index (χ1v) is 7.82. The van der Waals surface area contributed by atoms with Crippen molar-refractivity contribution in [2.75, 3.05) is 13.2 Å². The van der Waals surface area contributed by atoms with Crippen molar-refractivity contribution in [3.05, 3.63) is 29.3 Å². The van der Waals surface area contributed by atoms with Gasteiger partial charge in [-0.2, -0.15) is 0 Å². The SMILES string of the molecule is CCCC(C)NCCOc1ccc(C)cc1C(C)(C)C. The van der Waals surface area contributed by atoms with Crippen LogP contribution >= 0.6 is 0 Å². The monoisotopic (exact) mass is 277 g/mol. The molecule has 0 amide bonds. The highest BCUT2D eigenvalue weighted by atomic mass is 16.5. The maximum absolute atomic E-state index is 5.98. The Balaban J connectivity index is 2.56. The second kappa shape index (κ2) is 7.68. The summed E-state index contributed by atoms with van der Waals surface area (Å²) in [6.45, 7) is 14.9. The van der Waals surface area contributed by atoms with Gasteiger partial charge in [0.1, 0.15) is 12.4 Å². The van der Waals surface area contributed by atoms with E-state index in [-0.39, 0.29) is 5.41 Å². The van der Waals surface area contributed by atoms with Crippen LogP contribution in [0.5, 0.6) is 5.75 Å². The highest BCUT2D eigenvalue weighted by molar-refractivity contribution is 5.41. The first kappa shape index (κ1) is 17.0. The molecule has 0 aliphatic rings. The molecular formula is C18H31NO. The largest absolute Gasteiger partial charge is 0.492 e. The summed E-state index contributed by atoms with van der Waals surface area (Å²) in [7, 11) is 0. The molecule has 0 bridgehead atoms. The number of aryl methyl sites for hydroxylation is 1. The molecule has 0 heterocycles. The predicted molar refractivity (Wildman–Crippen MR) is 87.7 cm³/mol. The topological polar surface area (TPSA) is 21.3 Å². The van der Waals surface area contributed by atoms with Crippen molar-refractivity contribution >= 4 is 0 Å². The van der Waals surface area contributed by atoms with Gasteiger partial charge in [0, 0.05) is 12.6 Å². The number of hydrogen-bond acceptors (Lipinski definition) is 2. The van der Waals surface area contributed by atoms with E-state index >= 15 is 0 Å². The van der Waals surface area contributed by atoms with Crippen LogP contribution < -0.4 is 10.1 Å². The van der Waals surface area contributed by atoms with Gasteiger partial charge in [0.05, 0.1) is 0 Å². The maximum Gasteiger partial charge on any atom is 0.123 e. The highest BCUT2D eigenvalue weighted by Crippen LogP contribution is 2.32. The standard InChI is InChI=1S/C18H31NO/c1-7-8-15(3)19-11-12-20-17-10-9-14(2)13-16(17)18(4,5)6/h9-10,13,15,19H,7-8,11-12H2,1-6H3. The molecule has 0 aliphatic carbocycles. The van der Waals surface area contributed by atoms with Crippen LogP contribution in [0, 0.1) is 6.92 Å². The number of benzene rings is 1. The fraction of sp³-hybridized carbons (Fsp3) is 0.667. The molecule has 114 valence electrons. The molecule has 1 N–H and O–H groups in total. The molecule has 2 nitrogen and oxygen atoms in total. The summed E-state index contributed by atoms with van der Waals surface area (Å²) in [5.74, 6) is 1.02. The average molecular weight is 277 g/mol. The molecule has 2 heteroatoms. The third-order valence-corrected chi connectivity index (χ3v) is 3.52. The van der Waals surface area contributed by atoms with Gasteiger partial charge in [0.2, 0.25) is 0 Å². The Morgan fingerprint density at radius 2 is 1.95 bits per heavy atom. The van der Waals surface area contributed by atoms with Crippen LogP contribution in [0.2, 0.25) is 0 Å². The molecular weight excluding hydrogens is 246 g/mol. The average Bonchev–Trinajstić information content (AvgIpc) is 2.35. The van der Waals surface area contributed by atoms with Gasteiger partial charge in [-0.1, -0.05) is 51.8 Å². The van der Waals surface area contributed by atoms with E-state index < -0.39 is 0 Å². The van der Waals surface area contributed by atoms with Crippen LogP contribution in [0.4, 0.5) is 0 Å². The molecule has 0 spiro atoms. The third kappa shape index (κ3) is 5.54. The van der Waals surface area contributed by atoms with Crippen molar-refractivity contribution in [2.45, 2.75) is 65.8 Å². The molecule has 0 saturated heterocycles. The number of hydrogen-bond donors (Lipinski definition) is 1. The minimum absolute atomic E-state index is 0.115. The predicted octanol–water partition coefficient (Wildman–Crippen LogP) is 4.45. The van der Waals surface area contributed by atoms with Gasteiger partial charge in [0.15, 0.2) is 0 Å². The third-order valence-electron chi connectivity index (χ3n) is 3.52. The normalized spacial score (nSPS) is 13.3. The second-order valence-corrected chi connectivity index (χ2v) is 6.74. The van der Waals surface area contributed by atoms with E-state index in [1.807, 2.05) is 0 Å². The molecule has 0 saturated carbocycles. The first-order valence-electron chi connectivity index (χ1n) is 7.82. The lowest BCUT2D eigenvalue weighted by atomic mass is 9.85. The zero-order valence-electron chi connectivity index (χ0n) is 14.0. The van der Waals surface area contributed by atoms with E-state index in [0.717, 1.165) is 18.9 Å². The lowest BCUT2D eigenvalue weighted by Gasteiger charge is -2.23. The van der Waals surface area contributed by atoms with Crippen molar-refractivity contribution in [1.82, 2.24) is 5.32 Å². The summed E-state index contributed by atoms with van der Waals surface area (Å²) >= 11 is 0. The molecule has 0 fully saturated rings. The lowest BCUT2D eigenvalue weighted by Crippen LogP contribution is -2.30. The lowest BCUT2D eigenvalue weighted by molar-refractivity contribution is 0.297. The van der Waals surface area contributed by atoms with Crippen molar-refractivity contribution in [2.24, 2.45) is 0 Å². The van der Waals surface area contributed by atoms with Gasteiger partial charge in [-0.3, -0.25) is 0 Å². The van der Waals surface area contributed by atoms with Gasteiger partial charge in [-0.05, 0) is 37.3 Å². The summed E-state index contributed by atoms with van der Waals surface area (Å²) in [5.41, 5.74) is 2.70. The maximum atomic E-state index is 5.98. The summed E-state index contributed by atoms with van der Waals surface area (Å²) < 4.78 is 5.98. The van der Waals surface area contributed by atoms with Crippen molar-refractivity contribution in [3.63, 3.8) is 0 Å². The van der Waals surface area contributed by atoms with E-state index in [2.05, 4.69) is 65.1 Å². The second-order valence-electron chi connectivity index (χ2n) is 6.74. The Kier molecular flexibility index (Phi) is 6.54. The molecule has 0 aliphatic heterocycles. The van der Waals surface area contributed by atoms with Crippen LogP contribution in [0.3, 0.4) is 0 Å². The van der Waals surface area contributed by atoms with E-state index in [9.17, 15) is 0 Å². The van der Waals surface area contributed by atoms with Gasteiger partial charge < -0.3 is 10.1 Å². The summed E-state index contributed by atoms with van der Waals surface area (Å²) in [6.07, 6.45) is 2.44. The van der Waals surface area contributed by atoms with Crippen LogP contribution in [-0.4, -0.2) is 19.2 Å². The zero-order valence-corrected chi connectivity index (χ0v) is 14.0. The Morgan fingerprint density at radius 3 is 2.55 bits per heavy atom. The Labute approximate surface area is 124 Å². The fourth-order valence-electron chi connectivity index (χ4n) is 2.36. The molecule has 1 atom stereocenters. The summed E-state index contributed by atoms with van der Waals surface area (Å²) in [6, 6.07) is 7.04. The molecule has 1 rings (SSSR count). The molecule has 1 aromatic rings. The summed E-state index contributed by atoms with van der Waals surface area (Å²) in [4.78, 5) is 0. The Morgan fingerprint density at radius 1 is 1.25 bits per heavy atom. The molecule has 1 unspecified atom stereocenters. The quantitative estimate of drug-likeness (QED) is 0.743. The van der Waals surface area contributed by atoms with Gasteiger partial charge in [-0.15, -0.1) is 0 Å². The molecule has 20 heavy (non-hydrogen) atoms. The zero-order chi connectivity index (χ0) is 15.2. The number of nitrogens with one attached hydrogen (secondary N) is 1. The smallest absolute Gasteiger partial charge is 0.123 e. The van der Waals surface area contributed by atoms with Crippen LogP contribution in [0.25, 0.3) is 0 Å². The minimum atomic E-state index is 0.115. The van der Waals surface area contributed by atoms with Crippen molar-refractivity contribution < 1.29 is 4.74 Å². The van der Waals surface area contributed by atoms with E-state index in [4.69, 9.17) is 4.74 Å². The van der Waals surface area contributed by atoms with Crippen molar-refractivity contribution in [3.8, 4) is 5.75 Å². The van der Waals surface area contributed by atoms with Crippen LogP contribution in [0.1, 0.15) is 58.6 Å². The van der Waals surface area contributed by atoms with E-state index in [0.29, 0.717) is 6.04 Å². The highest BCUT2D eigenvalue weighted by Gasteiger charge is 2.19. The van der Waals surface area contributed by atoms with Gasteiger partial charge >= 0.3 is 0 Å². The number of rotatable bonds is 7. The minimum Gasteiger partial charge on any atom is -0.492 e. The van der Waals surface area contributed by atoms with Crippen LogP contribution in [0.15, 0.2) is 18.2 Å². The van der Waals surface area contributed by atoms with Gasteiger partial charge in [-0.25, -0.2) is 0 Å². The Hall–Kier alpha value is -1.02. The van der Waals surface area contributed by atoms with Crippen LogP contribution in [-0.2, 0) is 5.41 Å².